The highest BCUT2D eigenvalue weighted by Crippen LogP contribution is 2.36. The van der Waals surface area contributed by atoms with Gasteiger partial charge in [0.25, 0.3) is 0 Å². The third-order valence-electron chi connectivity index (χ3n) is 2.85. The lowest BCUT2D eigenvalue weighted by Gasteiger charge is -2.14. The summed E-state index contributed by atoms with van der Waals surface area (Å²) in [5.74, 6) is 1.64. The van der Waals surface area contributed by atoms with Gasteiger partial charge in [0.15, 0.2) is 11.5 Å². The van der Waals surface area contributed by atoms with Crippen molar-refractivity contribution in [3.63, 3.8) is 0 Å². The van der Waals surface area contributed by atoms with Crippen molar-refractivity contribution >= 4 is 27.5 Å². The van der Waals surface area contributed by atoms with Crippen LogP contribution in [0.5, 0.6) is 17.2 Å². The Morgan fingerprint density at radius 1 is 1.09 bits per heavy atom. The van der Waals surface area contributed by atoms with Crippen molar-refractivity contribution in [3.8, 4) is 23.3 Å². The Bertz CT molecular complexity index is 698. The highest BCUT2D eigenvalue weighted by atomic mass is 79.9. The van der Waals surface area contributed by atoms with Crippen LogP contribution < -0.4 is 14.2 Å². The molecule has 0 saturated carbocycles. The van der Waals surface area contributed by atoms with E-state index in [-0.39, 0.29) is 0 Å². The molecule has 0 aliphatic carbocycles. The Morgan fingerprint density at radius 2 is 1.78 bits per heavy atom. The van der Waals surface area contributed by atoms with Gasteiger partial charge in [0.1, 0.15) is 19.0 Å². The number of nitriles is 1. The summed E-state index contributed by atoms with van der Waals surface area (Å²) in [4.78, 5) is 0. The monoisotopic (exact) mass is 395 g/mol. The SMILES string of the molecule is CCOc1cc(C#N)cc(Cl)c1OCCOc1ccc(Br)cc1. The smallest absolute Gasteiger partial charge is 0.179 e. The Morgan fingerprint density at radius 3 is 2.43 bits per heavy atom. The number of benzene rings is 2. The number of hydrogen-bond acceptors (Lipinski definition) is 4. The molecule has 120 valence electrons. The summed E-state index contributed by atoms with van der Waals surface area (Å²) in [6.07, 6.45) is 0. The quantitative estimate of drug-likeness (QED) is 0.629. The van der Waals surface area contributed by atoms with Crippen LogP contribution in [0.4, 0.5) is 0 Å². The molecular formula is C17H15BrClNO3. The van der Waals surface area contributed by atoms with E-state index >= 15 is 0 Å². The van der Waals surface area contributed by atoms with E-state index in [2.05, 4.69) is 15.9 Å². The van der Waals surface area contributed by atoms with Gasteiger partial charge in [-0.3, -0.25) is 0 Å². The standard InChI is InChI=1S/C17H15BrClNO3/c1-2-21-16-10-12(11-20)9-15(19)17(16)23-8-7-22-14-5-3-13(18)4-6-14/h3-6,9-10H,2,7-8H2,1H3. The number of nitrogens with zero attached hydrogens (tertiary/aromatic N) is 1. The Hall–Kier alpha value is -1.90. The van der Waals surface area contributed by atoms with Gasteiger partial charge in [-0.2, -0.15) is 5.26 Å². The summed E-state index contributed by atoms with van der Waals surface area (Å²) in [6.45, 7) is 2.98. The summed E-state index contributed by atoms with van der Waals surface area (Å²) in [5, 5.41) is 9.32. The summed E-state index contributed by atoms with van der Waals surface area (Å²) in [5.41, 5.74) is 0.428. The summed E-state index contributed by atoms with van der Waals surface area (Å²) >= 11 is 9.53. The molecule has 0 N–H and O–H groups in total. The molecule has 0 spiro atoms. The summed E-state index contributed by atoms with van der Waals surface area (Å²) in [6, 6.07) is 12.7. The van der Waals surface area contributed by atoms with Gasteiger partial charge in [-0.1, -0.05) is 27.5 Å². The lowest BCUT2D eigenvalue weighted by Crippen LogP contribution is -2.10. The summed E-state index contributed by atoms with van der Waals surface area (Å²) in [7, 11) is 0. The zero-order chi connectivity index (χ0) is 16.7. The molecule has 0 aromatic heterocycles. The van der Waals surface area contributed by atoms with Crippen molar-refractivity contribution in [1.29, 1.82) is 5.26 Å². The number of rotatable bonds is 7. The van der Waals surface area contributed by atoms with Gasteiger partial charge < -0.3 is 14.2 Å². The van der Waals surface area contributed by atoms with Crippen LogP contribution in [0.15, 0.2) is 40.9 Å². The van der Waals surface area contributed by atoms with E-state index in [1.54, 1.807) is 12.1 Å². The fraction of sp³-hybridized carbons (Fsp3) is 0.235. The van der Waals surface area contributed by atoms with Gasteiger partial charge in [-0.15, -0.1) is 0 Å². The Kier molecular flexibility index (Phi) is 6.57. The van der Waals surface area contributed by atoms with Gasteiger partial charge in [-0.25, -0.2) is 0 Å². The molecule has 0 aliphatic heterocycles. The van der Waals surface area contributed by atoms with Crippen molar-refractivity contribution in [2.45, 2.75) is 6.92 Å². The topological polar surface area (TPSA) is 51.5 Å². The maximum atomic E-state index is 8.98. The predicted octanol–water partition coefficient (Wildman–Crippen LogP) is 4.83. The molecule has 0 fully saturated rings. The van der Waals surface area contributed by atoms with Gasteiger partial charge in [0.2, 0.25) is 0 Å². The number of hydrogen-bond donors (Lipinski definition) is 0. The largest absolute Gasteiger partial charge is 0.490 e. The minimum atomic E-state index is 0.307. The van der Waals surface area contributed by atoms with E-state index in [0.29, 0.717) is 41.9 Å². The molecule has 0 unspecified atom stereocenters. The third-order valence-corrected chi connectivity index (χ3v) is 3.66. The lowest BCUT2D eigenvalue weighted by atomic mass is 10.2. The van der Waals surface area contributed by atoms with E-state index in [9.17, 15) is 0 Å². The Balaban J connectivity index is 1.97. The second kappa shape index (κ2) is 8.66. The van der Waals surface area contributed by atoms with E-state index in [1.165, 1.54) is 0 Å². The van der Waals surface area contributed by atoms with Crippen LogP contribution in [-0.4, -0.2) is 19.8 Å². The molecule has 2 aromatic rings. The molecule has 0 amide bonds. The van der Waals surface area contributed by atoms with Crippen LogP contribution in [-0.2, 0) is 0 Å². The van der Waals surface area contributed by atoms with Gasteiger partial charge in [0.05, 0.1) is 23.3 Å². The van der Waals surface area contributed by atoms with Crippen LogP contribution in [0, 0.1) is 11.3 Å². The molecule has 2 aromatic carbocycles. The molecule has 0 bridgehead atoms. The first-order valence-electron chi connectivity index (χ1n) is 7.01. The molecule has 0 aliphatic rings. The van der Waals surface area contributed by atoms with Crippen LogP contribution >= 0.6 is 27.5 Å². The van der Waals surface area contributed by atoms with Crippen molar-refractivity contribution in [3.05, 3.63) is 51.5 Å². The highest BCUT2D eigenvalue weighted by Gasteiger charge is 2.12. The maximum Gasteiger partial charge on any atom is 0.179 e. The zero-order valence-corrected chi connectivity index (χ0v) is 14.9. The fourth-order valence-electron chi connectivity index (χ4n) is 1.87. The average Bonchev–Trinajstić information content (AvgIpc) is 2.55. The highest BCUT2D eigenvalue weighted by molar-refractivity contribution is 9.10. The van der Waals surface area contributed by atoms with Crippen molar-refractivity contribution < 1.29 is 14.2 Å². The normalized spacial score (nSPS) is 10.0. The molecule has 2 rings (SSSR count). The summed E-state index contributed by atoms with van der Waals surface area (Å²) < 4.78 is 17.7. The van der Waals surface area contributed by atoms with Crippen LogP contribution in [0.1, 0.15) is 12.5 Å². The first kappa shape index (κ1) is 17.5. The number of halogens is 2. The van der Waals surface area contributed by atoms with Crippen LogP contribution in [0.3, 0.4) is 0 Å². The molecular weight excluding hydrogens is 382 g/mol. The maximum absolute atomic E-state index is 8.98. The molecule has 23 heavy (non-hydrogen) atoms. The minimum Gasteiger partial charge on any atom is -0.490 e. The molecule has 0 radical (unpaired) electrons. The first-order valence-corrected chi connectivity index (χ1v) is 8.18. The molecule has 0 atom stereocenters. The van der Waals surface area contributed by atoms with Crippen LogP contribution in [0.2, 0.25) is 5.02 Å². The van der Waals surface area contributed by atoms with Crippen molar-refractivity contribution in [1.82, 2.24) is 0 Å². The average molecular weight is 397 g/mol. The van der Waals surface area contributed by atoms with Crippen molar-refractivity contribution in [2.75, 3.05) is 19.8 Å². The third kappa shape index (κ3) is 5.05. The molecule has 0 heterocycles. The van der Waals surface area contributed by atoms with E-state index in [4.69, 9.17) is 31.1 Å². The Labute approximate surface area is 148 Å². The van der Waals surface area contributed by atoms with Crippen LogP contribution in [0.25, 0.3) is 0 Å². The first-order chi connectivity index (χ1) is 11.1. The van der Waals surface area contributed by atoms with E-state index < -0.39 is 0 Å². The van der Waals surface area contributed by atoms with E-state index in [1.807, 2.05) is 37.3 Å². The van der Waals surface area contributed by atoms with Gasteiger partial charge in [0, 0.05) is 10.5 Å². The van der Waals surface area contributed by atoms with Gasteiger partial charge in [-0.05, 0) is 37.3 Å². The predicted molar refractivity (Wildman–Crippen MR) is 92.5 cm³/mol. The van der Waals surface area contributed by atoms with Crippen molar-refractivity contribution in [2.24, 2.45) is 0 Å². The fourth-order valence-corrected chi connectivity index (χ4v) is 2.40. The lowest BCUT2D eigenvalue weighted by molar-refractivity contribution is 0.208. The molecule has 4 nitrogen and oxygen atoms in total. The van der Waals surface area contributed by atoms with Gasteiger partial charge >= 0.3 is 0 Å². The molecule has 6 heteroatoms. The second-order valence-corrected chi connectivity index (χ2v) is 5.80. The molecule has 0 saturated heterocycles. The minimum absolute atomic E-state index is 0.307. The zero-order valence-electron chi connectivity index (χ0n) is 12.5. The number of ether oxygens (including phenoxy) is 3. The second-order valence-electron chi connectivity index (χ2n) is 4.48. The van der Waals surface area contributed by atoms with E-state index in [0.717, 1.165) is 10.2 Å².